The number of esters is 1. The van der Waals surface area contributed by atoms with Crippen molar-refractivity contribution in [2.45, 2.75) is 55.9 Å². The second kappa shape index (κ2) is 13.0. The van der Waals surface area contributed by atoms with E-state index in [1.165, 1.54) is 47.1 Å². The number of nitrogen functional groups attached to an aromatic ring is 1. The third-order valence-corrected chi connectivity index (χ3v) is 10.3. The molecule has 5 atom stereocenters. The Balaban J connectivity index is 1.22. The largest absolute Gasteiger partial charge is 0.459 e. The Morgan fingerprint density at radius 2 is 1.92 bits per heavy atom. The summed E-state index contributed by atoms with van der Waals surface area (Å²) in [5.41, 5.74) is 3.63. The lowest BCUT2D eigenvalue weighted by Crippen LogP contribution is -2.45. The molecule has 0 radical (unpaired) electrons. The number of benzene rings is 2. The van der Waals surface area contributed by atoms with Crippen LogP contribution in [0.15, 0.2) is 54.9 Å². The number of nitrogens with zero attached hydrogens (tertiary/aromatic N) is 5. The summed E-state index contributed by atoms with van der Waals surface area (Å²) in [5, 5.41) is 27.4. The summed E-state index contributed by atoms with van der Waals surface area (Å²) in [6, 6.07) is 12.9. The van der Waals surface area contributed by atoms with Crippen molar-refractivity contribution in [2.75, 3.05) is 24.4 Å². The summed E-state index contributed by atoms with van der Waals surface area (Å²) in [4.78, 5) is 25.9. The number of aliphatic hydroxyl groups is 2. The number of fused-ring (bicyclic) bond motifs is 1. The van der Waals surface area contributed by atoms with Gasteiger partial charge in [-0.05, 0) is 50.1 Å². The SMILES string of the molecule is CN(N)c1nc(N)nc2c1ncn2[C@@H]1OC(COP(=O)(NC2(C(=O)OCc3ccccc3Cl)CC2)Oc2ccc(Cl)cc2)[C@@H](O)[C@@]1(C)O. The third-order valence-electron chi connectivity index (χ3n) is 8.02. The first kappa shape index (κ1) is 34.3. The molecule has 3 heterocycles. The molecule has 16 nitrogen and oxygen atoms in total. The van der Waals surface area contributed by atoms with Crippen LogP contribution in [0, 0.1) is 0 Å². The Hall–Kier alpha value is -3.57. The molecule has 256 valence electrons. The topological polar surface area (TPSA) is 222 Å². The van der Waals surface area contributed by atoms with Crippen LogP contribution in [0.1, 0.15) is 31.6 Å². The number of aliphatic hydroxyl groups excluding tert-OH is 1. The molecule has 2 aromatic heterocycles. The quantitative estimate of drug-likeness (QED) is 0.0613. The van der Waals surface area contributed by atoms with Gasteiger partial charge in [0.25, 0.3) is 0 Å². The molecular formula is C29H33Cl2N8O8P. The first-order valence-corrected chi connectivity index (χ1v) is 17.0. The summed E-state index contributed by atoms with van der Waals surface area (Å²) in [5.74, 6) is 5.44. The van der Waals surface area contributed by atoms with Crippen molar-refractivity contribution in [1.29, 1.82) is 0 Å². The maximum Gasteiger partial charge on any atom is 0.459 e. The molecule has 2 aromatic carbocycles. The molecule has 0 amide bonds. The van der Waals surface area contributed by atoms with E-state index in [0.717, 1.165) is 0 Å². The van der Waals surface area contributed by atoms with Gasteiger partial charge in [0.2, 0.25) is 5.95 Å². The van der Waals surface area contributed by atoms with Crippen LogP contribution in [0.3, 0.4) is 0 Å². The summed E-state index contributed by atoms with van der Waals surface area (Å²) in [6.45, 7) is 0.703. The first-order valence-electron chi connectivity index (χ1n) is 14.7. The minimum Gasteiger partial charge on any atom is -0.459 e. The van der Waals surface area contributed by atoms with Gasteiger partial charge < -0.3 is 29.9 Å². The number of anilines is 2. The zero-order chi connectivity index (χ0) is 34.4. The molecule has 2 unspecified atom stereocenters. The standard InChI is InChI=1S/C29H33Cl2N8O8P/c1-28(42)22(40)20(46-25(28)39-15-34-21-23(38(2)33)35-27(32)36-24(21)39)14-45-48(43,47-18-9-7-17(30)8-10-18)37-29(11-12-29)26(41)44-13-16-5-3-4-6-19(16)31/h3-10,15,20,22,25,40,42H,11-14,33H2,1-2H3,(H,37,43)(H2,32,35,36)/t20?,22-,25-,28-,48?/m1/s1. The monoisotopic (exact) mass is 722 g/mol. The minimum atomic E-state index is -4.41. The van der Waals surface area contributed by atoms with Gasteiger partial charge in [0.05, 0.1) is 12.9 Å². The molecule has 1 aliphatic heterocycles. The summed E-state index contributed by atoms with van der Waals surface area (Å²) in [7, 11) is -2.86. The van der Waals surface area contributed by atoms with E-state index in [1.54, 1.807) is 31.3 Å². The van der Waals surface area contributed by atoms with Crippen molar-refractivity contribution in [2.24, 2.45) is 5.84 Å². The van der Waals surface area contributed by atoms with Crippen LogP contribution in [0.2, 0.25) is 10.0 Å². The molecule has 6 rings (SSSR count). The number of aromatic nitrogens is 4. The number of carbonyl (C=O) groups is 1. The maximum absolute atomic E-state index is 14.3. The minimum absolute atomic E-state index is 0.105. The molecule has 1 aliphatic carbocycles. The van der Waals surface area contributed by atoms with Gasteiger partial charge in [-0.2, -0.15) is 15.1 Å². The van der Waals surface area contributed by atoms with Crippen LogP contribution in [0.5, 0.6) is 5.75 Å². The van der Waals surface area contributed by atoms with E-state index in [1.807, 2.05) is 0 Å². The molecule has 19 heteroatoms. The molecule has 0 spiro atoms. The number of nitrogens with two attached hydrogens (primary N) is 2. The zero-order valence-electron chi connectivity index (χ0n) is 25.7. The van der Waals surface area contributed by atoms with Crippen molar-refractivity contribution >= 4 is 59.8 Å². The number of hydrogen-bond donors (Lipinski definition) is 5. The molecular weight excluding hydrogens is 690 g/mol. The average molecular weight is 724 g/mol. The fourth-order valence-electron chi connectivity index (χ4n) is 5.25. The van der Waals surface area contributed by atoms with Gasteiger partial charge in [0.1, 0.15) is 35.7 Å². The third kappa shape index (κ3) is 6.81. The predicted octanol–water partition coefficient (Wildman–Crippen LogP) is 3.10. The number of rotatable bonds is 12. The molecule has 2 fully saturated rings. The lowest BCUT2D eigenvalue weighted by Gasteiger charge is -2.27. The van der Waals surface area contributed by atoms with Crippen LogP contribution < -0.4 is 26.2 Å². The van der Waals surface area contributed by atoms with Crippen molar-refractivity contribution in [3.8, 4) is 5.75 Å². The van der Waals surface area contributed by atoms with Crippen molar-refractivity contribution in [3.63, 3.8) is 0 Å². The molecule has 2 aliphatic rings. The van der Waals surface area contributed by atoms with Crippen molar-refractivity contribution < 1.29 is 38.1 Å². The van der Waals surface area contributed by atoms with Crippen LogP contribution in [-0.4, -0.2) is 72.7 Å². The Morgan fingerprint density at radius 3 is 2.58 bits per heavy atom. The predicted molar refractivity (Wildman–Crippen MR) is 175 cm³/mol. The van der Waals surface area contributed by atoms with E-state index >= 15 is 0 Å². The molecule has 4 aromatic rings. The van der Waals surface area contributed by atoms with Gasteiger partial charge in [0, 0.05) is 22.7 Å². The van der Waals surface area contributed by atoms with Gasteiger partial charge in [-0.1, -0.05) is 41.4 Å². The highest BCUT2D eigenvalue weighted by Gasteiger charge is 2.58. The van der Waals surface area contributed by atoms with Gasteiger partial charge in [-0.25, -0.2) is 15.4 Å². The lowest BCUT2D eigenvalue weighted by atomic mass is 9.96. The van der Waals surface area contributed by atoms with E-state index < -0.39 is 49.9 Å². The van der Waals surface area contributed by atoms with Crippen molar-refractivity contribution in [3.05, 3.63) is 70.5 Å². The Morgan fingerprint density at radius 1 is 1.21 bits per heavy atom. The lowest BCUT2D eigenvalue weighted by molar-refractivity contribution is -0.148. The summed E-state index contributed by atoms with van der Waals surface area (Å²) < 4.78 is 38.9. The molecule has 0 bridgehead atoms. The van der Waals surface area contributed by atoms with Crippen LogP contribution in [-0.2, 0) is 30.0 Å². The van der Waals surface area contributed by atoms with E-state index in [-0.39, 0.29) is 48.1 Å². The summed E-state index contributed by atoms with van der Waals surface area (Å²) in [6.07, 6.45) is -2.16. The van der Waals surface area contributed by atoms with Gasteiger partial charge in [0.15, 0.2) is 23.2 Å². The Labute approximate surface area is 284 Å². The fraction of sp³-hybridized carbons (Fsp3) is 0.379. The first-order chi connectivity index (χ1) is 22.7. The number of imidazole rings is 1. The second-order valence-electron chi connectivity index (χ2n) is 11.7. The maximum atomic E-state index is 14.3. The highest BCUT2D eigenvalue weighted by Crippen LogP contribution is 2.53. The number of hydrazine groups is 1. The molecule has 7 N–H and O–H groups in total. The zero-order valence-corrected chi connectivity index (χ0v) is 28.1. The fourth-order valence-corrected chi connectivity index (χ4v) is 7.31. The normalized spacial score (nSPS) is 24.3. The number of carbonyl (C=O) groups excluding carboxylic acids is 1. The highest BCUT2D eigenvalue weighted by atomic mass is 35.5. The van der Waals surface area contributed by atoms with E-state index in [0.29, 0.717) is 15.6 Å². The molecule has 1 saturated carbocycles. The molecule has 48 heavy (non-hydrogen) atoms. The second-order valence-corrected chi connectivity index (χ2v) is 14.2. The van der Waals surface area contributed by atoms with Crippen molar-refractivity contribution in [1.82, 2.24) is 24.6 Å². The van der Waals surface area contributed by atoms with Gasteiger partial charge in [-0.3, -0.25) is 18.9 Å². The number of halogens is 2. The number of ether oxygens (including phenoxy) is 2. The van der Waals surface area contributed by atoms with Gasteiger partial charge in [-0.15, -0.1) is 0 Å². The summed E-state index contributed by atoms with van der Waals surface area (Å²) >= 11 is 12.2. The van der Waals surface area contributed by atoms with Crippen LogP contribution in [0.25, 0.3) is 11.2 Å². The van der Waals surface area contributed by atoms with Crippen LogP contribution in [0.4, 0.5) is 11.8 Å². The Kier molecular flexibility index (Phi) is 9.32. The van der Waals surface area contributed by atoms with Crippen LogP contribution >= 0.6 is 30.9 Å². The van der Waals surface area contributed by atoms with E-state index in [2.05, 4.69) is 20.0 Å². The smallest absolute Gasteiger partial charge is 0.459 e. The van der Waals surface area contributed by atoms with E-state index in [4.69, 9.17) is 53.3 Å². The van der Waals surface area contributed by atoms with E-state index in [9.17, 15) is 19.6 Å². The molecule has 1 saturated heterocycles. The highest BCUT2D eigenvalue weighted by molar-refractivity contribution is 7.52. The number of hydrogen-bond acceptors (Lipinski definition) is 14. The Bertz CT molecular complexity index is 1870. The number of nitrogens with one attached hydrogen (secondary N) is 1. The average Bonchev–Trinajstić information content (AvgIpc) is 3.64. The van der Waals surface area contributed by atoms with Gasteiger partial charge >= 0.3 is 13.7 Å².